The second kappa shape index (κ2) is 6.89. The molecule has 0 saturated heterocycles. The van der Waals surface area contributed by atoms with Crippen molar-refractivity contribution in [2.24, 2.45) is 5.92 Å². The van der Waals surface area contributed by atoms with E-state index in [2.05, 4.69) is 16.8 Å². The zero-order chi connectivity index (χ0) is 15.5. The monoisotopic (exact) mass is 316 g/mol. The van der Waals surface area contributed by atoms with Crippen LogP contribution in [-0.2, 0) is 14.8 Å². The first-order chi connectivity index (χ1) is 9.92. The van der Waals surface area contributed by atoms with Gasteiger partial charge in [0.05, 0.1) is 12.7 Å². The van der Waals surface area contributed by atoms with Crippen LogP contribution in [0.25, 0.3) is 0 Å². The molecule has 0 amide bonds. The molecule has 0 aromatic carbocycles. The van der Waals surface area contributed by atoms with Crippen LogP contribution in [-0.4, -0.2) is 32.8 Å². The van der Waals surface area contributed by atoms with Crippen LogP contribution in [0.3, 0.4) is 0 Å². The average molecular weight is 316 g/mol. The maximum absolute atomic E-state index is 12.2. The van der Waals surface area contributed by atoms with Crippen LogP contribution in [0.2, 0.25) is 0 Å². The van der Waals surface area contributed by atoms with Crippen LogP contribution in [0.5, 0.6) is 0 Å². The Morgan fingerprint density at radius 2 is 2.05 bits per heavy atom. The van der Waals surface area contributed by atoms with E-state index in [1.807, 2.05) is 0 Å². The normalized spacial score (nSPS) is 23.4. The number of hydrogen-bond acceptors (Lipinski definition) is 5. The summed E-state index contributed by atoms with van der Waals surface area (Å²) < 4.78 is 37.6. The second-order valence-corrected chi connectivity index (χ2v) is 7.43. The standard InChI is InChI=1S/C14H24N2O4S/c1-10-6-4-5-7-13(10)19-9-8-15-21(17,18)14-11(2)16-20-12(14)3/h10,13,15H,4-9H2,1-3H3/t10-,13-/m1/s1. The van der Waals surface area contributed by atoms with Gasteiger partial charge >= 0.3 is 0 Å². The number of hydrogen-bond donors (Lipinski definition) is 1. The molecule has 0 spiro atoms. The summed E-state index contributed by atoms with van der Waals surface area (Å²) >= 11 is 0. The summed E-state index contributed by atoms with van der Waals surface area (Å²) in [7, 11) is -3.58. The summed E-state index contributed by atoms with van der Waals surface area (Å²) in [6.07, 6.45) is 4.97. The minimum absolute atomic E-state index is 0.133. The first-order valence-corrected chi connectivity index (χ1v) is 8.94. The predicted molar refractivity (Wildman–Crippen MR) is 78.5 cm³/mol. The Balaban J connectivity index is 1.83. The lowest BCUT2D eigenvalue weighted by Crippen LogP contribution is -2.32. The topological polar surface area (TPSA) is 81.4 Å². The van der Waals surface area contributed by atoms with E-state index >= 15 is 0 Å². The molecule has 1 aromatic rings. The number of sulfonamides is 1. The minimum atomic E-state index is -3.58. The molecule has 0 radical (unpaired) electrons. The Morgan fingerprint density at radius 3 is 2.67 bits per heavy atom. The second-order valence-electron chi connectivity index (χ2n) is 5.72. The van der Waals surface area contributed by atoms with Crippen molar-refractivity contribution in [3.05, 3.63) is 11.5 Å². The summed E-state index contributed by atoms with van der Waals surface area (Å²) in [5.74, 6) is 0.861. The fraction of sp³-hybridized carbons (Fsp3) is 0.786. The molecule has 1 saturated carbocycles. The van der Waals surface area contributed by atoms with Crippen LogP contribution in [0.15, 0.2) is 9.42 Å². The zero-order valence-corrected chi connectivity index (χ0v) is 13.7. The van der Waals surface area contributed by atoms with Crippen LogP contribution < -0.4 is 4.72 Å². The Kier molecular flexibility index (Phi) is 5.40. The molecule has 1 heterocycles. The van der Waals surface area contributed by atoms with E-state index in [-0.39, 0.29) is 17.5 Å². The number of rotatable bonds is 6. The van der Waals surface area contributed by atoms with Crippen LogP contribution >= 0.6 is 0 Å². The molecule has 6 nitrogen and oxygen atoms in total. The molecule has 7 heteroatoms. The van der Waals surface area contributed by atoms with E-state index in [0.29, 0.717) is 24.0 Å². The van der Waals surface area contributed by atoms with Crippen molar-refractivity contribution in [1.29, 1.82) is 0 Å². The van der Waals surface area contributed by atoms with Crippen molar-refractivity contribution in [2.45, 2.75) is 57.5 Å². The van der Waals surface area contributed by atoms with Crippen molar-refractivity contribution >= 4 is 10.0 Å². The highest BCUT2D eigenvalue weighted by atomic mass is 32.2. The fourth-order valence-corrected chi connectivity index (χ4v) is 4.18. The van der Waals surface area contributed by atoms with Gasteiger partial charge in [-0.3, -0.25) is 0 Å². The van der Waals surface area contributed by atoms with E-state index < -0.39 is 10.0 Å². The van der Waals surface area contributed by atoms with Crippen LogP contribution in [0.4, 0.5) is 0 Å². The molecular formula is C14H24N2O4S. The molecule has 1 fully saturated rings. The highest BCUT2D eigenvalue weighted by Crippen LogP contribution is 2.26. The maximum Gasteiger partial charge on any atom is 0.246 e. The molecule has 1 aromatic heterocycles. The van der Waals surface area contributed by atoms with Gasteiger partial charge in [0.1, 0.15) is 10.6 Å². The molecule has 1 N–H and O–H groups in total. The van der Waals surface area contributed by atoms with Gasteiger partial charge in [0.15, 0.2) is 5.76 Å². The molecule has 2 atom stereocenters. The maximum atomic E-state index is 12.2. The van der Waals surface area contributed by atoms with Gasteiger partial charge < -0.3 is 9.26 Å². The third kappa shape index (κ3) is 4.05. The van der Waals surface area contributed by atoms with Gasteiger partial charge in [0.2, 0.25) is 10.0 Å². The van der Waals surface area contributed by atoms with E-state index in [9.17, 15) is 8.42 Å². The Hall–Kier alpha value is -0.920. The van der Waals surface area contributed by atoms with E-state index in [1.54, 1.807) is 13.8 Å². The lowest BCUT2D eigenvalue weighted by molar-refractivity contribution is -0.00177. The Labute approximate surface area is 126 Å². The van der Waals surface area contributed by atoms with E-state index in [4.69, 9.17) is 9.26 Å². The van der Waals surface area contributed by atoms with Crippen molar-refractivity contribution in [1.82, 2.24) is 9.88 Å². The van der Waals surface area contributed by atoms with Crippen molar-refractivity contribution < 1.29 is 17.7 Å². The molecule has 21 heavy (non-hydrogen) atoms. The zero-order valence-electron chi connectivity index (χ0n) is 12.9. The molecule has 2 rings (SSSR count). The summed E-state index contributed by atoms with van der Waals surface area (Å²) in [6, 6.07) is 0. The van der Waals surface area contributed by atoms with Crippen LogP contribution in [0.1, 0.15) is 44.1 Å². The fourth-order valence-electron chi connectivity index (χ4n) is 2.85. The highest BCUT2D eigenvalue weighted by Gasteiger charge is 2.24. The number of aromatic nitrogens is 1. The molecule has 0 bridgehead atoms. The van der Waals surface area contributed by atoms with Gasteiger partial charge in [-0.15, -0.1) is 0 Å². The van der Waals surface area contributed by atoms with Gasteiger partial charge in [0.25, 0.3) is 0 Å². The molecule has 1 aliphatic rings. The van der Waals surface area contributed by atoms with Crippen molar-refractivity contribution in [3.8, 4) is 0 Å². The lowest BCUT2D eigenvalue weighted by atomic mass is 9.88. The molecule has 120 valence electrons. The van der Waals surface area contributed by atoms with E-state index in [0.717, 1.165) is 6.42 Å². The largest absolute Gasteiger partial charge is 0.377 e. The predicted octanol–water partition coefficient (Wildman–Crippen LogP) is 2.17. The Morgan fingerprint density at radius 1 is 1.33 bits per heavy atom. The van der Waals surface area contributed by atoms with Crippen molar-refractivity contribution in [2.75, 3.05) is 13.2 Å². The highest BCUT2D eigenvalue weighted by molar-refractivity contribution is 7.89. The molecule has 0 aliphatic heterocycles. The smallest absolute Gasteiger partial charge is 0.246 e. The quantitative estimate of drug-likeness (QED) is 0.813. The third-order valence-electron chi connectivity index (χ3n) is 4.00. The van der Waals surface area contributed by atoms with E-state index in [1.165, 1.54) is 19.3 Å². The average Bonchev–Trinajstić information content (AvgIpc) is 2.77. The third-order valence-corrected chi connectivity index (χ3v) is 5.70. The van der Waals surface area contributed by atoms with Gasteiger partial charge in [-0.05, 0) is 32.6 Å². The first kappa shape index (κ1) is 16.5. The number of nitrogens with zero attached hydrogens (tertiary/aromatic N) is 1. The summed E-state index contributed by atoms with van der Waals surface area (Å²) in [5, 5.41) is 3.67. The lowest BCUT2D eigenvalue weighted by Gasteiger charge is -2.28. The van der Waals surface area contributed by atoms with Gasteiger partial charge in [-0.1, -0.05) is 24.9 Å². The number of aryl methyl sites for hydroxylation is 2. The molecular weight excluding hydrogens is 292 g/mol. The van der Waals surface area contributed by atoms with Crippen molar-refractivity contribution in [3.63, 3.8) is 0 Å². The van der Waals surface area contributed by atoms with Gasteiger partial charge in [-0.25, -0.2) is 13.1 Å². The van der Waals surface area contributed by atoms with Gasteiger partial charge in [0, 0.05) is 6.54 Å². The first-order valence-electron chi connectivity index (χ1n) is 7.46. The SMILES string of the molecule is Cc1noc(C)c1S(=O)(=O)NCCO[C@@H]1CCCC[C@H]1C. The Bertz CT molecular complexity index is 548. The minimum Gasteiger partial charge on any atom is -0.377 e. The van der Waals surface area contributed by atoms with Crippen LogP contribution in [0, 0.1) is 19.8 Å². The number of nitrogens with one attached hydrogen (secondary N) is 1. The molecule has 1 aliphatic carbocycles. The summed E-state index contributed by atoms with van der Waals surface area (Å²) in [5.41, 5.74) is 0.377. The summed E-state index contributed by atoms with van der Waals surface area (Å²) in [4.78, 5) is 0.133. The number of ether oxygens (including phenoxy) is 1. The summed E-state index contributed by atoms with van der Waals surface area (Å²) in [6.45, 7) is 6.05. The van der Waals surface area contributed by atoms with Gasteiger partial charge in [-0.2, -0.15) is 0 Å². The molecule has 0 unspecified atom stereocenters.